The van der Waals surface area contributed by atoms with Gasteiger partial charge < -0.3 is 10.8 Å². The lowest BCUT2D eigenvalue weighted by atomic mass is 9.97. The maximum Gasteiger partial charge on any atom is 0.0918 e. The minimum absolute atomic E-state index is 0.257. The number of hydrogen-bond acceptors (Lipinski definition) is 2. The first-order valence-electron chi connectivity index (χ1n) is 5.10. The average molecular weight is 201 g/mol. The van der Waals surface area contributed by atoms with Crippen LogP contribution in [-0.4, -0.2) is 11.7 Å². The van der Waals surface area contributed by atoms with E-state index >= 15 is 0 Å². The molecule has 0 aromatic heterocycles. The maximum atomic E-state index is 9.79. The summed E-state index contributed by atoms with van der Waals surface area (Å²) in [6.45, 7) is 2.33. The van der Waals surface area contributed by atoms with E-state index in [2.05, 4.69) is 13.0 Å². The quantitative estimate of drug-likeness (QED) is 0.782. The van der Waals surface area contributed by atoms with Crippen molar-refractivity contribution in [2.45, 2.75) is 13.0 Å². The fourth-order valence-electron chi connectivity index (χ4n) is 1.89. The van der Waals surface area contributed by atoms with E-state index in [1.165, 1.54) is 10.9 Å². The zero-order valence-electron chi connectivity index (χ0n) is 8.77. The van der Waals surface area contributed by atoms with Crippen LogP contribution in [0.5, 0.6) is 0 Å². The Morgan fingerprint density at radius 3 is 2.47 bits per heavy atom. The second kappa shape index (κ2) is 4.01. The van der Waals surface area contributed by atoms with Crippen molar-refractivity contribution in [3.63, 3.8) is 0 Å². The summed E-state index contributed by atoms with van der Waals surface area (Å²) in [5.41, 5.74) is 7.62. The van der Waals surface area contributed by atoms with Gasteiger partial charge in [0, 0.05) is 6.54 Å². The standard InChI is InChI=1S/C13H15NO/c1-9-6-7-12(13(15)8-14)11-5-3-2-4-10(9)11/h2-7,13,15H,8,14H2,1H3. The highest BCUT2D eigenvalue weighted by molar-refractivity contribution is 5.88. The Bertz CT molecular complexity index is 479. The number of aliphatic hydroxyl groups is 1. The molecule has 0 saturated carbocycles. The number of hydrogen-bond donors (Lipinski definition) is 2. The third-order valence-electron chi connectivity index (χ3n) is 2.76. The molecular formula is C13H15NO. The molecule has 0 fully saturated rings. The van der Waals surface area contributed by atoms with Crippen LogP contribution in [0.1, 0.15) is 17.2 Å². The Balaban J connectivity index is 2.71. The van der Waals surface area contributed by atoms with Crippen LogP contribution >= 0.6 is 0 Å². The van der Waals surface area contributed by atoms with Crippen LogP contribution in [0, 0.1) is 6.92 Å². The molecule has 0 bridgehead atoms. The highest BCUT2D eigenvalue weighted by atomic mass is 16.3. The van der Waals surface area contributed by atoms with Crippen molar-refractivity contribution in [3.05, 3.63) is 47.5 Å². The summed E-state index contributed by atoms with van der Waals surface area (Å²) in [7, 11) is 0. The molecule has 0 spiro atoms. The van der Waals surface area contributed by atoms with Gasteiger partial charge in [-0.05, 0) is 28.8 Å². The summed E-state index contributed by atoms with van der Waals surface area (Å²) in [6.07, 6.45) is -0.574. The van der Waals surface area contributed by atoms with Gasteiger partial charge >= 0.3 is 0 Å². The van der Waals surface area contributed by atoms with Crippen LogP contribution < -0.4 is 5.73 Å². The third-order valence-corrected chi connectivity index (χ3v) is 2.76. The van der Waals surface area contributed by atoms with Gasteiger partial charge in [-0.1, -0.05) is 36.4 Å². The molecule has 0 aliphatic rings. The van der Waals surface area contributed by atoms with E-state index in [0.29, 0.717) is 0 Å². The topological polar surface area (TPSA) is 46.2 Å². The van der Waals surface area contributed by atoms with Crippen molar-refractivity contribution in [1.29, 1.82) is 0 Å². The summed E-state index contributed by atoms with van der Waals surface area (Å²) in [4.78, 5) is 0. The van der Waals surface area contributed by atoms with Gasteiger partial charge in [0.1, 0.15) is 0 Å². The SMILES string of the molecule is Cc1ccc(C(O)CN)c2ccccc12. The Morgan fingerprint density at radius 1 is 1.13 bits per heavy atom. The molecule has 2 aromatic rings. The van der Waals surface area contributed by atoms with Crippen LogP contribution in [0.4, 0.5) is 0 Å². The lowest BCUT2D eigenvalue weighted by Crippen LogP contribution is -2.11. The molecule has 0 amide bonds. The fourth-order valence-corrected chi connectivity index (χ4v) is 1.89. The van der Waals surface area contributed by atoms with Crippen LogP contribution in [0.25, 0.3) is 10.8 Å². The first-order chi connectivity index (χ1) is 7.24. The highest BCUT2D eigenvalue weighted by Crippen LogP contribution is 2.26. The summed E-state index contributed by atoms with van der Waals surface area (Å²) < 4.78 is 0. The van der Waals surface area contributed by atoms with Gasteiger partial charge in [0.05, 0.1) is 6.10 Å². The third kappa shape index (κ3) is 1.74. The van der Waals surface area contributed by atoms with Gasteiger partial charge in [0.15, 0.2) is 0 Å². The van der Waals surface area contributed by atoms with Crippen LogP contribution in [-0.2, 0) is 0 Å². The minimum Gasteiger partial charge on any atom is -0.387 e. The Morgan fingerprint density at radius 2 is 1.80 bits per heavy atom. The van der Waals surface area contributed by atoms with Crippen molar-refractivity contribution in [1.82, 2.24) is 0 Å². The molecule has 1 unspecified atom stereocenters. The first-order valence-corrected chi connectivity index (χ1v) is 5.10. The first kappa shape index (κ1) is 10.1. The number of fused-ring (bicyclic) bond motifs is 1. The van der Waals surface area contributed by atoms with Crippen molar-refractivity contribution >= 4 is 10.8 Å². The molecule has 2 rings (SSSR count). The number of nitrogens with two attached hydrogens (primary N) is 1. The second-order valence-corrected chi connectivity index (χ2v) is 3.77. The average Bonchev–Trinajstić information content (AvgIpc) is 2.29. The molecule has 2 heteroatoms. The van der Waals surface area contributed by atoms with E-state index in [-0.39, 0.29) is 6.54 Å². The lowest BCUT2D eigenvalue weighted by molar-refractivity contribution is 0.188. The van der Waals surface area contributed by atoms with Gasteiger partial charge in [-0.15, -0.1) is 0 Å². The van der Waals surface area contributed by atoms with Crippen molar-refractivity contribution in [3.8, 4) is 0 Å². The molecule has 1 atom stereocenters. The molecule has 0 radical (unpaired) electrons. The normalized spacial score (nSPS) is 13.0. The molecule has 0 saturated heterocycles. The number of rotatable bonds is 2. The molecule has 0 aliphatic heterocycles. The van der Waals surface area contributed by atoms with Gasteiger partial charge in [0.2, 0.25) is 0 Å². The van der Waals surface area contributed by atoms with Gasteiger partial charge in [-0.2, -0.15) is 0 Å². The smallest absolute Gasteiger partial charge is 0.0918 e. The summed E-state index contributed by atoms with van der Waals surface area (Å²) >= 11 is 0. The Hall–Kier alpha value is -1.38. The zero-order chi connectivity index (χ0) is 10.8. The molecule has 78 valence electrons. The van der Waals surface area contributed by atoms with Crippen LogP contribution in [0.2, 0.25) is 0 Å². The van der Waals surface area contributed by atoms with Gasteiger partial charge in [-0.3, -0.25) is 0 Å². The predicted octanol–water partition coefficient (Wildman–Crippen LogP) is 2.14. The molecule has 15 heavy (non-hydrogen) atoms. The molecule has 0 heterocycles. The molecule has 2 aromatic carbocycles. The highest BCUT2D eigenvalue weighted by Gasteiger charge is 2.09. The number of benzene rings is 2. The Labute approximate surface area is 89.3 Å². The van der Waals surface area contributed by atoms with Gasteiger partial charge in [-0.25, -0.2) is 0 Å². The largest absolute Gasteiger partial charge is 0.387 e. The maximum absolute atomic E-state index is 9.79. The van der Waals surface area contributed by atoms with Gasteiger partial charge in [0.25, 0.3) is 0 Å². The van der Waals surface area contributed by atoms with Crippen molar-refractivity contribution in [2.24, 2.45) is 5.73 Å². The predicted molar refractivity (Wildman–Crippen MR) is 62.7 cm³/mol. The summed E-state index contributed by atoms with van der Waals surface area (Å²) in [6, 6.07) is 12.1. The molecule has 3 N–H and O–H groups in total. The summed E-state index contributed by atoms with van der Waals surface area (Å²) in [5, 5.41) is 12.1. The monoisotopic (exact) mass is 201 g/mol. The van der Waals surface area contributed by atoms with E-state index in [1.807, 2.05) is 30.3 Å². The number of aryl methyl sites for hydroxylation is 1. The van der Waals surface area contributed by atoms with E-state index in [0.717, 1.165) is 10.9 Å². The van der Waals surface area contributed by atoms with E-state index in [9.17, 15) is 5.11 Å². The van der Waals surface area contributed by atoms with E-state index in [1.54, 1.807) is 0 Å². The van der Waals surface area contributed by atoms with Crippen molar-refractivity contribution < 1.29 is 5.11 Å². The second-order valence-electron chi connectivity index (χ2n) is 3.77. The Kier molecular flexibility index (Phi) is 2.71. The molecular weight excluding hydrogens is 186 g/mol. The summed E-state index contributed by atoms with van der Waals surface area (Å²) in [5.74, 6) is 0. The van der Waals surface area contributed by atoms with E-state index in [4.69, 9.17) is 5.73 Å². The van der Waals surface area contributed by atoms with Crippen molar-refractivity contribution in [2.75, 3.05) is 6.54 Å². The zero-order valence-corrected chi connectivity index (χ0v) is 8.77. The fraction of sp³-hybridized carbons (Fsp3) is 0.231. The minimum atomic E-state index is -0.574. The number of aliphatic hydroxyl groups excluding tert-OH is 1. The molecule has 0 aliphatic carbocycles. The van der Waals surface area contributed by atoms with Crippen LogP contribution in [0.3, 0.4) is 0 Å². The molecule has 2 nitrogen and oxygen atoms in total. The van der Waals surface area contributed by atoms with E-state index < -0.39 is 6.10 Å². The lowest BCUT2D eigenvalue weighted by Gasteiger charge is -2.13. The van der Waals surface area contributed by atoms with Crippen LogP contribution in [0.15, 0.2) is 36.4 Å².